The monoisotopic (exact) mass is 286 g/mol. The smallest absolute Gasteiger partial charge is 0.258 e. The lowest BCUT2D eigenvalue weighted by Crippen LogP contribution is -2.56. The number of rotatable bonds is 5. The number of aromatic amines is 1. The molecule has 21 heavy (non-hydrogen) atoms. The average Bonchev–Trinajstić information content (AvgIpc) is 2.41. The minimum atomic E-state index is -0.0663. The molecule has 5 heteroatoms. The first-order valence-electron chi connectivity index (χ1n) is 7.47. The molecule has 0 atom stereocenters. The summed E-state index contributed by atoms with van der Waals surface area (Å²) in [6.07, 6.45) is 3.76. The van der Waals surface area contributed by atoms with Crippen molar-refractivity contribution >= 4 is 10.9 Å². The summed E-state index contributed by atoms with van der Waals surface area (Å²) in [5.41, 5.74) is 0.962. The van der Waals surface area contributed by atoms with E-state index in [-0.39, 0.29) is 11.1 Å². The van der Waals surface area contributed by atoms with E-state index in [0.717, 1.165) is 12.1 Å². The van der Waals surface area contributed by atoms with E-state index in [1.165, 1.54) is 19.3 Å². The fourth-order valence-electron chi connectivity index (χ4n) is 3.00. The maximum atomic E-state index is 12.0. The molecule has 1 aliphatic carbocycles. The Balaban J connectivity index is 1.70. The molecule has 2 N–H and O–H groups in total. The van der Waals surface area contributed by atoms with E-state index < -0.39 is 0 Å². The third kappa shape index (κ3) is 2.71. The van der Waals surface area contributed by atoms with Crippen LogP contribution in [-0.2, 0) is 6.54 Å². The summed E-state index contributed by atoms with van der Waals surface area (Å²) >= 11 is 0. The van der Waals surface area contributed by atoms with Crippen LogP contribution >= 0.6 is 0 Å². The molecule has 0 aliphatic heterocycles. The van der Waals surface area contributed by atoms with Crippen molar-refractivity contribution in [3.63, 3.8) is 0 Å². The number of nitrogens with one attached hydrogen (secondary N) is 2. The summed E-state index contributed by atoms with van der Waals surface area (Å²) in [6.45, 7) is 1.52. The van der Waals surface area contributed by atoms with Crippen molar-refractivity contribution in [2.24, 2.45) is 0 Å². The van der Waals surface area contributed by atoms with E-state index in [2.05, 4.69) is 34.3 Å². The third-order valence-corrected chi connectivity index (χ3v) is 4.64. The normalized spacial score (nSPS) is 17.1. The Hall–Kier alpha value is -1.72. The molecule has 112 valence electrons. The quantitative estimate of drug-likeness (QED) is 0.874. The number of para-hydroxylation sites is 1. The summed E-state index contributed by atoms with van der Waals surface area (Å²) < 4.78 is 0. The van der Waals surface area contributed by atoms with Gasteiger partial charge in [0.25, 0.3) is 5.56 Å². The molecular formula is C16H22N4O. The predicted octanol–water partition coefficient (Wildman–Crippen LogP) is 1.50. The molecule has 1 fully saturated rings. The molecule has 0 amide bonds. The average molecular weight is 286 g/mol. The highest BCUT2D eigenvalue weighted by atomic mass is 16.1. The number of aromatic nitrogens is 2. The van der Waals surface area contributed by atoms with Crippen LogP contribution < -0.4 is 10.9 Å². The maximum absolute atomic E-state index is 12.0. The van der Waals surface area contributed by atoms with Gasteiger partial charge in [-0.25, -0.2) is 4.98 Å². The Bertz CT molecular complexity index is 688. The second kappa shape index (κ2) is 5.58. The van der Waals surface area contributed by atoms with E-state index in [1.54, 1.807) is 6.07 Å². The molecule has 3 rings (SSSR count). The lowest BCUT2D eigenvalue weighted by atomic mass is 9.75. The molecule has 1 aromatic carbocycles. The van der Waals surface area contributed by atoms with Crippen molar-refractivity contribution in [1.82, 2.24) is 20.2 Å². The van der Waals surface area contributed by atoms with Crippen LogP contribution in [0.2, 0.25) is 0 Å². The number of H-pyrrole nitrogens is 1. The van der Waals surface area contributed by atoms with Crippen LogP contribution in [0.15, 0.2) is 29.1 Å². The molecular weight excluding hydrogens is 264 g/mol. The van der Waals surface area contributed by atoms with Gasteiger partial charge in [-0.1, -0.05) is 12.1 Å². The molecule has 1 aliphatic rings. The molecule has 5 nitrogen and oxygen atoms in total. The highest BCUT2D eigenvalue weighted by Crippen LogP contribution is 2.35. The van der Waals surface area contributed by atoms with Gasteiger partial charge in [-0.3, -0.25) is 4.79 Å². The Morgan fingerprint density at radius 3 is 2.76 bits per heavy atom. The highest BCUT2D eigenvalue weighted by molar-refractivity contribution is 5.77. The summed E-state index contributed by atoms with van der Waals surface area (Å²) in [6, 6.07) is 7.44. The van der Waals surface area contributed by atoms with Gasteiger partial charge >= 0.3 is 0 Å². The van der Waals surface area contributed by atoms with Gasteiger partial charge < -0.3 is 15.2 Å². The Morgan fingerprint density at radius 1 is 1.33 bits per heavy atom. The number of nitrogens with zero attached hydrogens (tertiary/aromatic N) is 2. The molecule has 1 heterocycles. The van der Waals surface area contributed by atoms with Crippen molar-refractivity contribution in [1.29, 1.82) is 0 Å². The van der Waals surface area contributed by atoms with E-state index in [9.17, 15) is 4.79 Å². The van der Waals surface area contributed by atoms with Crippen LogP contribution in [0.4, 0.5) is 0 Å². The Kier molecular flexibility index (Phi) is 3.78. The zero-order valence-corrected chi connectivity index (χ0v) is 12.6. The SMILES string of the molecule is CN(C)C1(CNCc2nc3ccccc3c(=O)[nH]2)CCC1. The topological polar surface area (TPSA) is 61.0 Å². The number of hydrogen-bond acceptors (Lipinski definition) is 4. The van der Waals surface area contributed by atoms with Crippen molar-refractivity contribution in [3.05, 3.63) is 40.4 Å². The van der Waals surface area contributed by atoms with Gasteiger partial charge in [0.1, 0.15) is 5.82 Å². The summed E-state index contributed by atoms with van der Waals surface area (Å²) in [5.74, 6) is 0.701. The Labute approximate surface area is 124 Å². The molecule has 0 bridgehead atoms. The van der Waals surface area contributed by atoms with Gasteiger partial charge in [-0.15, -0.1) is 0 Å². The first kappa shape index (κ1) is 14.2. The zero-order valence-electron chi connectivity index (χ0n) is 12.6. The lowest BCUT2D eigenvalue weighted by molar-refractivity contribution is 0.0596. The molecule has 0 spiro atoms. The molecule has 1 aromatic heterocycles. The fraction of sp³-hybridized carbons (Fsp3) is 0.500. The van der Waals surface area contributed by atoms with Crippen molar-refractivity contribution < 1.29 is 0 Å². The molecule has 2 aromatic rings. The second-order valence-corrected chi connectivity index (χ2v) is 6.11. The number of likely N-dealkylation sites (N-methyl/N-ethyl adjacent to an activating group) is 1. The van der Waals surface area contributed by atoms with E-state index in [0.29, 0.717) is 17.8 Å². The van der Waals surface area contributed by atoms with Crippen LogP contribution in [-0.4, -0.2) is 41.0 Å². The van der Waals surface area contributed by atoms with E-state index in [1.807, 2.05) is 18.2 Å². The number of fused-ring (bicyclic) bond motifs is 1. The van der Waals surface area contributed by atoms with Crippen LogP contribution in [0, 0.1) is 0 Å². The van der Waals surface area contributed by atoms with Gasteiger partial charge in [0.15, 0.2) is 0 Å². The summed E-state index contributed by atoms with van der Waals surface area (Å²) in [7, 11) is 4.27. The highest BCUT2D eigenvalue weighted by Gasteiger charge is 2.38. The van der Waals surface area contributed by atoms with Crippen LogP contribution in [0.5, 0.6) is 0 Å². The maximum Gasteiger partial charge on any atom is 0.258 e. The largest absolute Gasteiger partial charge is 0.309 e. The fourth-order valence-corrected chi connectivity index (χ4v) is 3.00. The minimum Gasteiger partial charge on any atom is -0.309 e. The van der Waals surface area contributed by atoms with Crippen molar-refractivity contribution in [2.45, 2.75) is 31.3 Å². The molecule has 0 radical (unpaired) electrons. The first-order chi connectivity index (χ1) is 10.1. The third-order valence-electron chi connectivity index (χ3n) is 4.64. The Morgan fingerprint density at radius 2 is 2.10 bits per heavy atom. The van der Waals surface area contributed by atoms with Gasteiger partial charge in [0.05, 0.1) is 17.4 Å². The second-order valence-electron chi connectivity index (χ2n) is 6.11. The molecule has 0 saturated heterocycles. The van der Waals surface area contributed by atoms with Crippen molar-refractivity contribution in [2.75, 3.05) is 20.6 Å². The minimum absolute atomic E-state index is 0.0663. The van der Waals surface area contributed by atoms with Crippen LogP contribution in [0.1, 0.15) is 25.1 Å². The molecule has 1 saturated carbocycles. The van der Waals surface area contributed by atoms with Gasteiger partial charge in [-0.2, -0.15) is 0 Å². The van der Waals surface area contributed by atoms with Crippen molar-refractivity contribution in [3.8, 4) is 0 Å². The van der Waals surface area contributed by atoms with Crippen LogP contribution in [0.25, 0.3) is 10.9 Å². The lowest BCUT2D eigenvalue weighted by Gasteiger charge is -2.47. The standard InChI is InChI=1S/C16H22N4O/c1-20(2)16(8-5-9-16)11-17-10-14-18-13-7-4-3-6-12(13)15(21)19-14/h3-4,6-7,17H,5,8-11H2,1-2H3,(H,18,19,21). The van der Waals surface area contributed by atoms with Gasteiger partial charge in [-0.05, 0) is 45.5 Å². The zero-order chi connectivity index (χ0) is 14.9. The van der Waals surface area contributed by atoms with E-state index >= 15 is 0 Å². The van der Waals surface area contributed by atoms with E-state index in [4.69, 9.17) is 0 Å². The summed E-state index contributed by atoms with van der Waals surface area (Å²) in [4.78, 5) is 21.7. The predicted molar refractivity (Wildman–Crippen MR) is 84.3 cm³/mol. The number of hydrogen-bond donors (Lipinski definition) is 2. The first-order valence-corrected chi connectivity index (χ1v) is 7.47. The van der Waals surface area contributed by atoms with Gasteiger partial charge in [0.2, 0.25) is 0 Å². The molecule has 0 unspecified atom stereocenters. The van der Waals surface area contributed by atoms with Gasteiger partial charge in [0, 0.05) is 12.1 Å². The summed E-state index contributed by atoms with van der Waals surface area (Å²) in [5, 5.41) is 4.09. The van der Waals surface area contributed by atoms with Crippen LogP contribution in [0.3, 0.4) is 0 Å². The number of benzene rings is 1.